The van der Waals surface area contributed by atoms with Crippen molar-refractivity contribution < 1.29 is 0 Å². The number of benzene rings is 12. The zero-order valence-electron chi connectivity index (χ0n) is 45.2. The van der Waals surface area contributed by atoms with E-state index in [0.29, 0.717) is 0 Å². The molecule has 0 saturated carbocycles. The molecule has 0 amide bonds. The van der Waals surface area contributed by atoms with E-state index in [0.717, 1.165) is 12.8 Å². The lowest BCUT2D eigenvalue weighted by Crippen LogP contribution is -2.25. The molecule has 77 heavy (non-hydrogen) atoms. The van der Waals surface area contributed by atoms with Crippen molar-refractivity contribution in [2.24, 2.45) is 0 Å². The molecule has 0 radical (unpaired) electrons. The van der Waals surface area contributed by atoms with Crippen LogP contribution in [0, 0.1) is 0 Å². The van der Waals surface area contributed by atoms with Gasteiger partial charge in [-0.25, -0.2) is 0 Å². The highest BCUT2D eigenvalue weighted by Crippen LogP contribution is 2.57. The number of unbranched alkanes of at least 4 members (excludes halogenated alkanes) is 10. The molecule has 1 aliphatic rings. The molecule has 0 fully saturated rings. The van der Waals surface area contributed by atoms with E-state index in [1.807, 2.05) is 0 Å². The summed E-state index contributed by atoms with van der Waals surface area (Å²) in [5.74, 6) is 0. The third kappa shape index (κ3) is 8.81. The van der Waals surface area contributed by atoms with Crippen molar-refractivity contribution >= 4 is 64.6 Å². The van der Waals surface area contributed by atoms with Gasteiger partial charge in [-0.3, -0.25) is 0 Å². The van der Waals surface area contributed by atoms with Gasteiger partial charge in [-0.1, -0.05) is 285 Å². The maximum absolute atomic E-state index is 2.69. The van der Waals surface area contributed by atoms with Crippen LogP contribution in [0.5, 0.6) is 0 Å². The topological polar surface area (TPSA) is 0 Å². The third-order valence-corrected chi connectivity index (χ3v) is 17.8. The van der Waals surface area contributed by atoms with E-state index in [2.05, 4.69) is 232 Å². The Kier molecular flexibility index (Phi) is 13.5. The summed E-state index contributed by atoms with van der Waals surface area (Å²) >= 11 is 0. The Morgan fingerprint density at radius 2 is 0.519 bits per heavy atom. The fraction of sp³-hybridized carbons (Fsp3) is 0.221. The van der Waals surface area contributed by atoms with Gasteiger partial charge in [-0.15, -0.1) is 0 Å². The largest absolute Gasteiger partial charge is 0.0654 e. The van der Waals surface area contributed by atoms with E-state index in [9.17, 15) is 0 Å². The predicted molar refractivity (Wildman–Crippen MR) is 335 cm³/mol. The van der Waals surface area contributed by atoms with Gasteiger partial charge < -0.3 is 0 Å². The SMILES string of the molecule is CCCCCCCCC1(CCCCCCCC)c2cc(-c3c4ccccc4c(-c4ccc5ccccc5c4)c4ccccc34)ccc2-c2ccc(-c3c4ccccc4c(-c4ccc5ccccc5c4)c4ccccc34)cc21. The molecule has 13 rings (SSSR count). The van der Waals surface area contributed by atoms with Crippen molar-refractivity contribution in [1.29, 1.82) is 0 Å². The molecular weight excluding hydrogens is 925 g/mol. The Hall–Kier alpha value is -7.80. The molecular formula is C77H70. The van der Waals surface area contributed by atoms with Crippen molar-refractivity contribution in [3.8, 4) is 55.6 Å². The van der Waals surface area contributed by atoms with Crippen molar-refractivity contribution in [2.75, 3.05) is 0 Å². The van der Waals surface area contributed by atoms with Crippen molar-refractivity contribution in [2.45, 2.75) is 109 Å². The summed E-state index contributed by atoms with van der Waals surface area (Å²) in [5.41, 5.74) is 16.3. The zero-order chi connectivity index (χ0) is 51.7. The standard InChI is InChI=1S/C77H70/c1-3-5-7-9-11-25-47-77(48-26-12-10-8-6-4-2)71-51-59(75-67-35-21-17-31-63(67)73(64-32-18-22-36-68(64)75)57-41-39-53-27-13-15-29-55(53)49-57)43-45-61(71)62-46-44-60(52-72(62)77)76-69-37-23-19-33-65(69)74(66-34-20-24-38-70(66)76)58-42-40-54-28-14-16-30-56(54)50-58/h13-24,27-46,49-52H,3-12,25-26,47-48H2,1-2H3. The Balaban J connectivity index is 1.01. The molecule has 0 aromatic heterocycles. The van der Waals surface area contributed by atoms with Gasteiger partial charge in [-0.2, -0.15) is 0 Å². The molecule has 0 bridgehead atoms. The highest BCUT2D eigenvalue weighted by molar-refractivity contribution is 6.23. The van der Waals surface area contributed by atoms with Crippen LogP contribution in [-0.4, -0.2) is 0 Å². The monoisotopic (exact) mass is 995 g/mol. The molecule has 378 valence electrons. The molecule has 0 unspecified atom stereocenters. The van der Waals surface area contributed by atoms with Crippen molar-refractivity contribution in [3.05, 3.63) is 230 Å². The predicted octanol–water partition coefficient (Wildman–Crippen LogP) is 23.0. The summed E-state index contributed by atoms with van der Waals surface area (Å²) in [6, 6.07) is 83.9. The summed E-state index contributed by atoms with van der Waals surface area (Å²) in [7, 11) is 0. The maximum atomic E-state index is 2.69. The fourth-order valence-corrected chi connectivity index (χ4v) is 14.1. The molecule has 0 nitrogen and oxygen atoms in total. The van der Waals surface area contributed by atoms with Crippen LogP contribution in [-0.2, 0) is 5.41 Å². The second-order valence-corrected chi connectivity index (χ2v) is 22.4. The second kappa shape index (κ2) is 21.3. The molecule has 12 aromatic carbocycles. The molecule has 0 N–H and O–H groups in total. The minimum Gasteiger partial charge on any atom is -0.0654 e. The Labute approximate surface area is 456 Å². The maximum Gasteiger partial charge on any atom is 0.0215 e. The Morgan fingerprint density at radius 3 is 0.857 bits per heavy atom. The van der Waals surface area contributed by atoms with E-state index in [-0.39, 0.29) is 5.41 Å². The summed E-state index contributed by atoms with van der Waals surface area (Å²) < 4.78 is 0. The lowest BCUT2D eigenvalue weighted by molar-refractivity contribution is 0.398. The van der Waals surface area contributed by atoms with E-state index in [1.165, 1.54) is 208 Å². The number of hydrogen-bond acceptors (Lipinski definition) is 0. The highest BCUT2D eigenvalue weighted by Gasteiger charge is 2.43. The zero-order valence-corrected chi connectivity index (χ0v) is 45.2. The van der Waals surface area contributed by atoms with Gasteiger partial charge in [0, 0.05) is 5.41 Å². The van der Waals surface area contributed by atoms with E-state index >= 15 is 0 Å². The molecule has 0 heteroatoms. The van der Waals surface area contributed by atoms with Gasteiger partial charge in [0.2, 0.25) is 0 Å². The smallest absolute Gasteiger partial charge is 0.0215 e. The first kappa shape index (κ1) is 48.8. The molecule has 1 aliphatic carbocycles. The van der Waals surface area contributed by atoms with Crippen LogP contribution in [0.15, 0.2) is 218 Å². The average molecular weight is 995 g/mol. The van der Waals surface area contributed by atoms with Gasteiger partial charge in [0.15, 0.2) is 0 Å². The van der Waals surface area contributed by atoms with Crippen LogP contribution in [0.3, 0.4) is 0 Å². The highest BCUT2D eigenvalue weighted by atomic mass is 14.5. The van der Waals surface area contributed by atoms with Gasteiger partial charge in [0.25, 0.3) is 0 Å². The first-order valence-electron chi connectivity index (χ1n) is 29.3. The lowest BCUT2D eigenvalue weighted by Gasteiger charge is -2.34. The molecule has 0 atom stereocenters. The average Bonchev–Trinajstić information content (AvgIpc) is 4.00. The van der Waals surface area contributed by atoms with Crippen LogP contribution in [0.1, 0.15) is 115 Å². The first-order valence-corrected chi connectivity index (χ1v) is 29.3. The summed E-state index contributed by atoms with van der Waals surface area (Å²) in [6.07, 6.45) is 17.8. The minimum atomic E-state index is -0.126. The summed E-state index contributed by atoms with van der Waals surface area (Å²) in [5, 5.41) is 15.6. The van der Waals surface area contributed by atoms with Crippen molar-refractivity contribution in [1.82, 2.24) is 0 Å². The van der Waals surface area contributed by atoms with Gasteiger partial charge in [-0.05, 0) is 169 Å². The second-order valence-electron chi connectivity index (χ2n) is 22.4. The summed E-state index contributed by atoms with van der Waals surface area (Å²) in [4.78, 5) is 0. The van der Waals surface area contributed by atoms with Crippen molar-refractivity contribution in [3.63, 3.8) is 0 Å². The molecule has 0 spiro atoms. The van der Waals surface area contributed by atoms with Crippen LogP contribution in [0.4, 0.5) is 0 Å². The first-order chi connectivity index (χ1) is 38.1. The van der Waals surface area contributed by atoms with Crippen LogP contribution >= 0.6 is 0 Å². The van der Waals surface area contributed by atoms with Crippen LogP contribution in [0.2, 0.25) is 0 Å². The van der Waals surface area contributed by atoms with Crippen LogP contribution < -0.4 is 0 Å². The Morgan fingerprint density at radius 1 is 0.247 bits per heavy atom. The van der Waals surface area contributed by atoms with Gasteiger partial charge in [0.1, 0.15) is 0 Å². The number of fused-ring (bicyclic) bond motifs is 9. The van der Waals surface area contributed by atoms with Crippen LogP contribution in [0.25, 0.3) is 120 Å². The van der Waals surface area contributed by atoms with Gasteiger partial charge >= 0.3 is 0 Å². The minimum absolute atomic E-state index is 0.126. The number of rotatable bonds is 18. The summed E-state index contributed by atoms with van der Waals surface area (Å²) in [6.45, 7) is 4.67. The van der Waals surface area contributed by atoms with Gasteiger partial charge in [0.05, 0.1) is 0 Å². The fourth-order valence-electron chi connectivity index (χ4n) is 14.1. The van der Waals surface area contributed by atoms with E-state index in [4.69, 9.17) is 0 Å². The lowest BCUT2D eigenvalue weighted by atomic mass is 9.69. The normalized spacial score (nSPS) is 12.9. The van der Waals surface area contributed by atoms with E-state index in [1.54, 1.807) is 0 Å². The molecule has 0 saturated heterocycles. The molecule has 0 aliphatic heterocycles. The third-order valence-electron chi connectivity index (χ3n) is 17.8. The molecule has 0 heterocycles. The number of hydrogen-bond donors (Lipinski definition) is 0. The molecule has 12 aromatic rings. The Bertz CT molecular complexity index is 3760. The quantitative estimate of drug-likeness (QED) is 0.0594. The van der Waals surface area contributed by atoms with E-state index < -0.39 is 0 Å².